The number of nitrogens with zero attached hydrogens (tertiary/aromatic N) is 4. The Morgan fingerprint density at radius 3 is 2.90 bits per heavy atom. The van der Waals surface area contributed by atoms with E-state index < -0.39 is 48.2 Å². The molecule has 2 rings (SSSR count). The number of aromatic amines is 1. The molecule has 4 atom stereocenters. The molecular weight excluding hydrogens is 277 g/mol. The highest BCUT2D eigenvalue weighted by Crippen LogP contribution is 2.30. The van der Waals surface area contributed by atoms with E-state index >= 15 is 0 Å². The number of ether oxygens (including phenoxy) is 1. The Balaban J connectivity index is 2.44. The van der Waals surface area contributed by atoms with E-state index in [1.54, 1.807) is 4.98 Å². The van der Waals surface area contributed by atoms with E-state index in [4.69, 9.17) is 15.4 Å². The minimum absolute atomic E-state index is 0.571. The average Bonchev–Trinajstić information content (AvgIpc) is 2.72. The van der Waals surface area contributed by atoms with Crippen LogP contribution in [0.3, 0.4) is 0 Å². The number of H-pyrrole nitrogens is 1. The third kappa shape index (κ3) is 2.30. The zero-order valence-corrected chi connectivity index (χ0v) is 9.88. The van der Waals surface area contributed by atoms with Crippen molar-refractivity contribution in [3.8, 4) is 0 Å². The molecule has 0 spiro atoms. The molecule has 0 amide bonds. The van der Waals surface area contributed by atoms with E-state index in [0.29, 0.717) is 10.8 Å². The zero-order valence-electron chi connectivity index (χ0n) is 9.88. The molecule has 10 nitrogen and oxygen atoms in total. The van der Waals surface area contributed by atoms with Crippen LogP contribution >= 0.6 is 0 Å². The molecule has 1 aromatic heterocycles. The van der Waals surface area contributed by atoms with Crippen LogP contribution in [0.25, 0.3) is 10.4 Å². The second kappa shape index (κ2) is 5.43. The van der Waals surface area contributed by atoms with Gasteiger partial charge in [0.1, 0.15) is 6.10 Å². The smallest absolute Gasteiger partial charge is 0.330 e. The van der Waals surface area contributed by atoms with Gasteiger partial charge in [-0.05, 0) is 5.53 Å². The topological polar surface area (TPSA) is 153 Å². The molecule has 0 aliphatic carbocycles. The van der Waals surface area contributed by atoms with Crippen LogP contribution in [-0.2, 0) is 4.74 Å². The number of azide groups is 1. The van der Waals surface area contributed by atoms with Crippen LogP contribution in [0, 0.1) is 5.82 Å². The fourth-order valence-corrected chi connectivity index (χ4v) is 1.96. The van der Waals surface area contributed by atoms with Gasteiger partial charge in [-0.2, -0.15) is 4.39 Å². The number of hydrogen-bond donors (Lipinski definition) is 3. The van der Waals surface area contributed by atoms with Crippen LogP contribution in [0.15, 0.2) is 20.9 Å². The number of hydrogen-bond acceptors (Lipinski definition) is 6. The molecule has 1 aliphatic heterocycles. The summed E-state index contributed by atoms with van der Waals surface area (Å²) < 4.78 is 19.0. The lowest BCUT2D eigenvalue weighted by atomic mass is 10.1. The predicted octanol–water partition coefficient (Wildman–Crippen LogP) is -1.39. The van der Waals surface area contributed by atoms with Crippen LogP contribution in [0.2, 0.25) is 0 Å². The first-order chi connectivity index (χ1) is 9.49. The molecule has 20 heavy (non-hydrogen) atoms. The van der Waals surface area contributed by atoms with Gasteiger partial charge in [0.25, 0.3) is 5.56 Å². The molecule has 1 saturated heterocycles. The SMILES string of the molecule is [N-]=[N+]=N[C@H]1[C@@H](O)[C@@H](n2cc(F)c(=O)[nH]c2=O)O[C@@H]1CO. The van der Waals surface area contributed by atoms with Gasteiger partial charge in [0.15, 0.2) is 6.23 Å². The van der Waals surface area contributed by atoms with Crippen LogP contribution in [0.1, 0.15) is 6.23 Å². The summed E-state index contributed by atoms with van der Waals surface area (Å²) in [5.74, 6) is -1.24. The summed E-state index contributed by atoms with van der Waals surface area (Å²) in [5, 5.41) is 22.3. The number of aliphatic hydroxyl groups excluding tert-OH is 2. The predicted molar refractivity (Wildman–Crippen MR) is 61.2 cm³/mol. The van der Waals surface area contributed by atoms with Crippen molar-refractivity contribution in [3.05, 3.63) is 43.3 Å². The number of aliphatic hydroxyl groups is 2. The van der Waals surface area contributed by atoms with Gasteiger partial charge in [0.05, 0.1) is 24.9 Å². The summed E-state index contributed by atoms with van der Waals surface area (Å²) in [6.45, 7) is -0.572. The van der Waals surface area contributed by atoms with Gasteiger partial charge >= 0.3 is 5.69 Å². The zero-order chi connectivity index (χ0) is 14.9. The first-order valence-electron chi connectivity index (χ1n) is 5.49. The fourth-order valence-electron chi connectivity index (χ4n) is 1.96. The van der Waals surface area contributed by atoms with Crippen molar-refractivity contribution in [2.24, 2.45) is 5.11 Å². The Hall–Kier alpha value is -2.20. The first-order valence-corrected chi connectivity index (χ1v) is 5.49. The standard InChI is InChI=1S/C9H10FN5O5/c10-3-1-15(9(19)12-7(3)18)8-6(17)5(13-14-11)4(2-16)20-8/h1,4-6,8,16-17H,2H2,(H,12,18,19)/t4-,5-,6-,8+/m1/s1. The van der Waals surface area contributed by atoms with Crippen LogP contribution in [0.5, 0.6) is 0 Å². The van der Waals surface area contributed by atoms with E-state index in [0.717, 1.165) is 0 Å². The van der Waals surface area contributed by atoms with Crippen molar-refractivity contribution in [2.45, 2.75) is 24.5 Å². The Bertz CT molecular complexity index is 665. The largest absolute Gasteiger partial charge is 0.394 e. The molecule has 0 unspecified atom stereocenters. The van der Waals surface area contributed by atoms with Gasteiger partial charge in [-0.15, -0.1) is 0 Å². The Morgan fingerprint density at radius 2 is 2.30 bits per heavy atom. The van der Waals surface area contributed by atoms with E-state index in [9.17, 15) is 19.1 Å². The molecule has 0 radical (unpaired) electrons. The maximum Gasteiger partial charge on any atom is 0.330 e. The summed E-state index contributed by atoms with van der Waals surface area (Å²) in [5.41, 5.74) is 6.18. The summed E-state index contributed by atoms with van der Waals surface area (Å²) in [7, 11) is 0. The Kier molecular flexibility index (Phi) is 3.86. The Morgan fingerprint density at radius 1 is 1.60 bits per heavy atom. The van der Waals surface area contributed by atoms with Crippen molar-refractivity contribution >= 4 is 0 Å². The van der Waals surface area contributed by atoms with E-state index in [1.165, 1.54) is 0 Å². The fraction of sp³-hybridized carbons (Fsp3) is 0.556. The van der Waals surface area contributed by atoms with E-state index in [1.807, 2.05) is 0 Å². The average molecular weight is 287 g/mol. The lowest BCUT2D eigenvalue weighted by Gasteiger charge is -2.17. The van der Waals surface area contributed by atoms with Crippen LogP contribution in [-0.4, -0.2) is 44.6 Å². The molecule has 1 aromatic rings. The third-order valence-corrected chi connectivity index (χ3v) is 2.90. The van der Waals surface area contributed by atoms with Gasteiger partial charge in [-0.1, -0.05) is 5.11 Å². The van der Waals surface area contributed by atoms with Crippen molar-refractivity contribution in [3.63, 3.8) is 0 Å². The number of aromatic nitrogens is 2. The molecule has 0 saturated carbocycles. The lowest BCUT2D eigenvalue weighted by molar-refractivity contribution is -0.0536. The summed E-state index contributed by atoms with van der Waals surface area (Å²) >= 11 is 0. The van der Waals surface area contributed by atoms with Gasteiger partial charge in [0.2, 0.25) is 5.82 Å². The maximum absolute atomic E-state index is 13.2. The summed E-state index contributed by atoms with van der Waals surface area (Å²) in [6, 6.07) is -1.14. The number of rotatable bonds is 3. The number of nitrogens with one attached hydrogen (secondary N) is 1. The van der Waals surface area contributed by atoms with Gasteiger partial charge in [-0.25, -0.2) is 4.79 Å². The maximum atomic E-state index is 13.2. The second-order valence-corrected chi connectivity index (χ2v) is 4.08. The lowest BCUT2D eigenvalue weighted by Crippen LogP contribution is -2.38. The highest BCUT2D eigenvalue weighted by Gasteiger charge is 2.44. The monoisotopic (exact) mass is 287 g/mol. The van der Waals surface area contributed by atoms with Crippen LogP contribution in [0.4, 0.5) is 4.39 Å². The highest BCUT2D eigenvalue weighted by atomic mass is 19.1. The van der Waals surface area contributed by atoms with Crippen LogP contribution < -0.4 is 11.2 Å². The highest BCUT2D eigenvalue weighted by molar-refractivity contribution is 4.97. The molecule has 0 bridgehead atoms. The minimum Gasteiger partial charge on any atom is -0.394 e. The van der Waals surface area contributed by atoms with Gasteiger partial charge < -0.3 is 14.9 Å². The summed E-state index contributed by atoms with van der Waals surface area (Å²) in [6.07, 6.45) is -3.34. The second-order valence-electron chi connectivity index (χ2n) is 4.08. The molecule has 1 fully saturated rings. The van der Waals surface area contributed by atoms with Gasteiger partial charge in [0, 0.05) is 4.91 Å². The van der Waals surface area contributed by atoms with Crippen molar-refractivity contribution in [1.82, 2.24) is 9.55 Å². The first kappa shape index (κ1) is 14.2. The quantitative estimate of drug-likeness (QED) is 0.354. The molecule has 11 heteroatoms. The molecule has 2 heterocycles. The molecule has 108 valence electrons. The number of halogens is 1. The van der Waals surface area contributed by atoms with Crippen molar-refractivity contribution in [2.75, 3.05) is 6.61 Å². The van der Waals surface area contributed by atoms with Crippen molar-refractivity contribution in [1.29, 1.82) is 0 Å². The van der Waals surface area contributed by atoms with E-state index in [-0.39, 0.29) is 0 Å². The third-order valence-electron chi connectivity index (χ3n) is 2.90. The molecular formula is C9H10FN5O5. The van der Waals surface area contributed by atoms with Crippen molar-refractivity contribution < 1.29 is 19.3 Å². The minimum atomic E-state index is -1.48. The summed E-state index contributed by atoms with van der Waals surface area (Å²) in [4.78, 5) is 26.7. The van der Waals surface area contributed by atoms with E-state index in [2.05, 4.69) is 10.0 Å². The molecule has 0 aromatic carbocycles. The molecule has 3 N–H and O–H groups in total. The normalized spacial score (nSPS) is 29.1. The van der Waals surface area contributed by atoms with Gasteiger partial charge in [-0.3, -0.25) is 14.3 Å². The Labute approximate surface area is 109 Å². The molecule has 1 aliphatic rings.